The van der Waals surface area contributed by atoms with E-state index >= 15 is 0 Å². The molecule has 0 aromatic carbocycles. The minimum atomic E-state index is -2.27. The maximum atomic E-state index is 10.9. The second-order valence-corrected chi connectivity index (χ2v) is 4.67. The summed E-state index contributed by atoms with van der Waals surface area (Å²) in [4.78, 5) is 27.1. The molecule has 0 aromatic rings. The zero-order chi connectivity index (χ0) is 16.2. The van der Waals surface area contributed by atoms with Crippen LogP contribution in [0.1, 0.15) is 72.6 Å². The summed E-state index contributed by atoms with van der Waals surface area (Å²) in [6.07, 6.45) is 8.84. The number of rotatable bonds is 9. The third kappa shape index (κ3) is 36.9. The SMILES string of the molecule is C.CCCCCCC(CCCC)C(=O)O.O=C=O.[O]=[Sn]=[O].[Sn+2]. The fourth-order valence-electron chi connectivity index (χ4n) is 1.66. The molecule has 2 radical (unpaired) electrons. The van der Waals surface area contributed by atoms with Gasteiger partial charge >= 0.3 is 63.3 Å². The molecule has 0 saturated heterocycles. The first-order valence-corrected chi connectivity index (χ1v) is 9.09. The van der Waals surface area contributed by atoms with Gasteiger partial charge in [0.1, 0.15) is 0 Å². The second-order valence-electron chi connectivity index (χ2n) is 4.19. The van der Waals surface area contributed by atoms with E-state index < -0.39 is 27.1 Å². The zero-order valence-corrected chi connectivity index (χ0v) is 18.4. The van der Waals surface area contributed by atoms with Gasteiger partial charge in [-0.3, -0.25) is 4.79 Å². The summed E-state index contributed by atoms with van der Waals surface area (Å²) < 4.78 is 17.1. The van der Waals surface area contributed by atoms with Gasteiger partial charge in [-0.1, -0.05) is 59.8 Å². The summed E-state index contributed by atoms with van der Waals surface area (Å²) in [5.41, 5.74) is 0. The van der Waals surface area contributed by atoms with Crippen LogP contribution in [0.5, 0.6) is 0 Å². The second kappa shape index (κ2) is 32.8. The molecule has 1 atom stereocenters. The van der Waals surface area contributed by atoms with Gasteiger partial charge in [-0.15, -0.1) is 0 Å². The van der Waals surface area contributed by atoms with Gasteiger partial charge in [-0.05, 0) is 12.8 Å². The van der Waals surface area contributed by atoms with Crippen molar-refractivity contribution < 1.29 is 25.6 Å². The van der Waals surface area contributed by atoms with E-state index in [-0.39, 0.29) is 43.4 Å². The number of carbonyl (C=O) groups is 1. The van der Waals surface area contributed by atoms with Gasteiger partial charge < -0.3 is 5.11 Å². The molecule has 0 aliphatic heterocycles. The van der Waals surface area contributed by atoms with E-state index in [1.54, 1.807) is 0 Å². The minimum Gasteiger partial charge on any atom is 2.00 e. The first-order valence-electron chi connectivity index (χ1n) is 6.76. The Morgan fingerprint density at radius 1 is 1.00 bits per heavy atom. The van der Waals surface area contributed by atoms with Crippen molar-refractivity contribution in [3.8, 4) is 0 Å². The molecule has 8 heteroatoms. The predicted octanol–water partition coefficient (Wildman–Crippen LogP) is 2.90. The van der Waals surface area contributed by atoms with Crippen LogP contribution in [0, 0.1) is 5.92 Å². The minimum absolute atomic E-state index is 0. The number of carboxylic acids is 1. The molecule has 0 amide bonds. The maximum absolute atomic E-state index is 10.9. The van der Waals surface area contributed by atoms with E-state index in [9.17, 15) is 4.79 Å². The molecule has 0 fully saturated rings. The largest absolute Gasteiger partial charge is 2.00 e. The zero-order valence-electron chi connectivity index (χ0n) is 12.7. The molecule has 0 rings (SSSR count). The summed E-state index contributed by atoms with van der Waals surface area (Å²) >= 11 is -2.27. The molecule has 0 bridgehead atoms. The van der Waals surface area contributed by atoms with Gasteiger partial charge in [0, 0.05) is 0 Å². The van der Waals surface area contributed by atoms with Crippen LogP contribution in [-0.2, 0) is 20.5 Å². The van der Waals surface area contributed by atoms with Crippen molar-refractivity contribution >= 4 is 57.1 Å². The predicted molar refractivity (Wildman–Crippen MR) is 84.0 cm³/mol. The van der Waals surface area contributed by atoms with Crippen molar-refractivity contribution in [1.82, 2.24) is 0 Å². The molecular weight excluding hydrogens is 502 g/mol. The standard InChI is InChI=1S/C12H24O2.CO2.CH4.2O.2Sn/c1-3-5-7-8-10-11(12(13)14)9-6-4-2;2-1-3;;;;;/h11H,3-10H2,1-2H3,(H,13,14);;1H4;;;;/q;;;;;;+2. The molecule has 1 N–H and O–H groups in total. The van der Waals surface area contributed by atoms with Gasteiger partial charge in [-0.2, -0.15) is 9.59 Å². The van der Waals surface area contributed by atoms with Gasteiger partial charge in [0.15, 0.2) is 0 Å². The van der Waals surface area contributed by atoms with E-state index in [4.69, 9.17) is 20.8 Å². The fourth-order valence-corrected chi connectivity index (χ4v) is 1.66. The van der Waals surface area contributed by atoms with Crippen molar-refractivity contribution in [2.45, 2.75) is 72.6 Å². The Morgan fingerprint density at radius 3 is 1.68 bits per heavy atom. The first-order chi connectivity index (χ1) is 9.55. The van der Waals surface area contributed by atoms with Gasteiger partial charge in [0.25, 0.3) is 0 Å². The van der Waals surface area contributed by atoms with Crippen molar-refractivity contribution in [3.05, 3.63) is 0 Å². The number of carboxylic acid groups (broad SMARTS) is 1. The van der Waals surface area contributed by atoms with Crippen LogP contribution in [0.3, 0.4) is 0 Å². The van der Waals surface area contributed by atoms with E-state index in [0.29, 0.717) is 0 Å². The summed E-state index contributed by atoms with van der Waals surface area (Å²) in [7, 11) is 0. The number of carbonyl (C=O) groups excluding carboxylic acids is 2. The van der Waals surface area contributed by atoms with E-state index in [1.165, 1.54) is 19.3 Å². The number of aliphatic carboxylic acids is 1. The van der Waals surface area contributed by atoms with Gasteiger partial charge in [-0.25, -0.2) is 0 Å². The molecule has 0 spiro atoms. The number of hydrogen-bond acceptors (Lipinski definition) is 5. The average Bonchev–Trinajstić information content (AvgIpc) is 2.39. The molecule has 22 heavy (non-hydrogen) atoms. The number of hydrogen-bond donors (Lipinski definition) is 1. The normalized spacial score (nSPS) is 8.82. The van der Waals surface area contributed by atoms with Crippen LogP contribution in [0.25, 0.3) is 0 Å². The molecule has 6 nitrogen and oxygen atoms in total. The first kappa shape index (κ1) is 33.6. The quantitative estimate of drug-likeness (QED) is 0.364. The maximum Gasteiger partial charge on any atom is 2.00 e. The van der Waals surface area contributed by atoms with Crippen LogP contribution in [0.2, 0.25) is 0 Å². The molecular formula is C14H28O6Sn2+2. The Labute approximate surface area is 160 Å². The topological polar surface area (TPSA) is 106 Å². The van der Waals surface area contributed by atoms with Crippen molar-refractivity contribution in [2.75, 3.05) is 0 Å². The van der Waals surface area contributed by atoms with Crippen LogP contribution in [-0.4, -0.2) is 62.2 Å². The summed E-state index contributed by atoms with van der Waals surface area (Å²) in [6, 6.07) is 0. The Kier molecular flexibility index (Phi) is 50.2. The Hall–Kier alpha value is 0.0474. The molecule has 1 unspecified atom stereocenters. The van der Waals surface area contributed by atoms with Crippen LogP contribution < -0.4 is 0 Å². The van der Waals surface area contributed by atoms with E-state index in [2.05, 4.69) is 13.8 Å². The summed E-state index contributed by atoms with van der Waals surface area (Å²) in [5, 5.41) is 8.96. The fraction of sp³-hybridized carbons (Fsp3) is 0.857. The van der Waals surface area contributed by atoms with Gasteiger partial charge in [0.2, 0.25) is 0 Å². The Bertz CT molecular complexity index is 273. The summed E-state index contributed by atoms with van der Waals surface area (Å²) in [6.45, 7) is 4.28. The van der Waals surface area contributed by atoms with Crippen molar-refractivity contribution in [3.63, 3.8) is 0 Å². The van der Waals surface area contributed by atoms with Crippen molar-refractivity contribution in [1.29, 1.82) is 0 Å². The monoisotopic (exact) mass is 532 g/mol. The number of unbranched alkanes of at least 4 members (excludes halogenated alkanes) is 4. The van der Waals surface area contributed by atoms with Crippen LogP contribution in [0.4, 0.5) is 0 Å². The van der Waals surface area contributed by atoms with Crippen LogP contribution in [0.15, 0.2) is 0 Å². The van der Waals surface area contributed by atoms with E-state index in [1.807, 2.05) is 0 Å². The Balaban J connectivity index is -0.000000104. The van der Waals surface area contributed by atoms with Crippen LogP contribution >= 0.6 is 0 Å². The molecule has 0 aromatic heterocycles. The average molecular weight is 530 g/mol. The Morgan fingerprint density at radius 2 is 1.36 bits per heavy atom. The van der Waals surface area contributed by atoms with Crippen molar-refractivity contribution in [2.24, 2.45) is 5.92 Å². The summed E-state index contributed by atoms with van der Waals surface area (Å²) in [5.74, 6) is -0.693. The van der Waals surface area contributed by atoms with Gasteiger partial charge in [0.05, 0.1) is 5.92 Å². The molecule has 0 heterocycles. The molecule has 0 saturated carbocycles. The van der Waals surface area contributed by atoms with E-state index in [0.717, 1.165) is 32.1 Å². The third-order valence-corrected chi connectivity index (χ3v) is 2.66. The smallest absolute Gasteiger partial charge is 2.00 e. The third-order valence-electron chi connectivity index (χ3n) is 2.66. The molecule has 0 aliphatic carbocycles. The molecule has 126 valence electrons. The molecule has 0 aliphatic rings.